The summed E-state index contributed by atoms with van der Waals surface area (Å²) in [4.78, 5) is 22.0. The van der Waals surface area contributed by atoms with Gasteiger partial charge in [-0.15, -0.1) is 0 Å². The number of hydrogen-bond acceptors (Lipinski definition) is 2. The number of ketones is 2. The topological polar surface area (TPSA) is 34.1 Å². The minimum absolute atomic E-state index is 0.127. The van der Waals surface area contributed by atoms with Gasteiger partial charge in [-0.1, -0.05) is 6.92 Å². The minimum Gasteiger partial charge on any atom is -0.299 e. The SMILES string of the molecule is CCC(=O)[C@H]1CCCC1=O. The summed E-state index contributed by atoms with van der Waals surface area (Å²) in [5, 5.41) is 0. The molecule has 0 unspecified atom stereocenters. The third-order valence-electron chi connectivity index (χ3n) is 2.04. The lowest BCUT2D eigenvalue weighted by molar-refractivity contribution is -0.130. The third kappa shape index (κ3) is 1.25. The van der Waals surface area contributed by atoms with Crippen LogP contribution in [0.1, 0.15) is 32.6 Å². The van der Waals surface area contributed by atoms with Gasteiger partial charge in [0.15, 0.2) is 0 Å². The van der Waals surface area contributed by atoms with Crippen molar-refractivity contribution in [1.82, 2.24) is 0 Å². The third-order valence-corrected chi connectivity index (χ3v) is 2.04. The lowest BCUT2D eigenvalue weighted by Gasteiger charge is -2.01. The Morgan fingerprint density at radius 3 is 2.80 bits per heavy atom. The number of hydrogen-bond donors (Lipinski definition) is 0. The van der Waals surface area contributed by atoms with Gasteiger partial charge in [0.25, 0.3) is 0 Å². The van der Waals surface area contributed by atoms with Crippen LogP contribution < -0.4 is 0 Å². The first kappa shape index (κ1) is 7.45. The second-order valence-corrected chi connectivity index (χ2v) is 2.73. The van der Waals surface area contributed by atoms with Gasteiger partial charge in [-0.25, -0.2) is 0 Å². The van der Waals surface area contributed by atoms with E-state index < -0.39 is 0 Å². The van der Waals surface area contributed by atoms with Crippen molar-refractivity contribution in [2.75, 3.05) is 0 Å². The largest absolute Gasteiger partial charge is 0.299 e. The van der Waals surface area contributed by atoms with Crippen LogP contribution in [0.15, 0.2) is 0 Å². The zero-order valence-electron chi connectivity index (χ0n) is 6.22. The van der Waals surface area contributed by atoms with Crippen molar-refractivity contribution in [2.24, 2.45) is 5.92 Å². The fourth-order valence-corrected chi connectivity index (χ4v) is 1.40. The molecule has 1 aliphatic rings. The van der Waals surface area contributed by atoms with Crippen molar-refractivity contribution >= 4 is 11.6 Å². The summed E-state index contributed by atoms with van der Waals surface area (Å²) < 4.78 is 0. The maximum absolute atomic E-state index is 11.0. The molecular formula is C8H12O2. The molecule has 10 heavy (non-hydrogen) atoms. The van der Waals surface area contributed by atoms with E-state index in [1.165, 1.54) is 0 Å². The molecule has 56 valence electrons. The van der Waals surface area contributed by atoms with Crippen molar-refractivity contribution in [2.45, 2.75) is 32.6 Å². The van der Waals surface area contributed by atoms with Crippen LogP contribution in [-0.2, 0) is 9.59 Å². The Kier molecular flexibility index (Phi) is 2.20. The van der Waals surface area contributed by atoms with E-state index in [1.54, 1.807) is 0 Å². The molecule has 1 saturated carbocycles. The first-order chi connectivity index (χ1) is 4.75. The van der Waals surface area contributed by atoms with Gasteiger partial charge < -0.3 is 0 Å². The highest BCUT2D eigenvalue weighted by Crippen LogP contribution is 2.22. The molecule has 0 aromatic rings. The summed E-state index contributed by atoms with van der Waals surface area (Å²) >= 11 is 0. The Hall–Kier alpha value is -0.660. The van der Waals surface area contributed by atoms with E-state index in [2.05, 4.69) is 0 Å². The van der Waals surface area contributed by atoms with Gasteiger partial charge in [-0.05, 0) is 12.8 Å². The second kappa shape index (κ2) is 2.95. The predicted octanol–water partition coefficient (Wildman–Crippen LogP) is 1.33. The van der Waals surface area contributed by atoms with Crippen LogP contribution in [0.25, 0.3) is 0 Å². The van der Waals surface area contributed by atoms with E-state index in [0.29, 0.717) is 12.8 Å². The maximum Gasteiger partial charge on any atom is 0.143 e. The van der Waals surface area contributed by atoms with Crippen LogP contribution in [0.4, 0.5) is 0 Å². The fraction of sp³-hybridized carbons (Fsp3) is 0.750. The molecule has 1 atom stereocenters. The highest BCUT2D eigenvalue weighted by atomic mass is 16.2. The summed E-state index contributed by atoms with van der Waals surface area (Å²) in [6.07, 6.45) is 2.84. The molecule has 2 heteroatoms. The van der Waals surface area contributed by atoms with Crippen LogP contribution in [-0.4, -0.2) is 11.6 Å². The van der Waals surface area contributed by atoms with Gasteiger partial charge in [0.2, 0.25) is 0 Å². The van der Waals surface area contributed by atoms with E-state index >= 15 is 0 Å². The van der Waals surface area contributed by atoms with Gasteiger partial charge in [0.1, 0.15) is 11.6 Å². The van der Waals surface area contributed by atoms with Gasteiger partial charge in [0.05, 0.1) is 5.92 Å². The van der Waals surface area contributed by atoms with E-state index in [-0.39, 0.29) is 17.5 Å². The monoisotopic (exact) mass is 140 g/mol. The van der Waals surface area contributed by atoms with Gasteiger partial charge in [0, 0.05) is 12.8 Å². The molecule has 0 aromatic carbocycles. The summed E-state index contributed by atoms with van der Waals surface area (Å²) in [6.45, 7) is 1.81. The number of Topliss-reactive ketones (excluding diaryl/α,β-unsaturated/α-hetero) is 2. The van der Waals surface area contributed by atoms with Crippen molar-refractivity contribution in [3.63, 3.8) is 0 Å². The van der Waals surface area contributed by atoms with Gasteiger partial charge in [-0.3, -0.25) is 9.59 Å². The molecule has 0 amide bonds. The molecule has 0 saturated heterocycles. The van der Waals surface area contributed by atoms with Crippen molar-refractivity contribution in [3.05, 3.63) is 0 Å². The first-order valence-corrected chi connectivity index (χ1v) is 3.81. The van der Waals surface area contributed by atoms with E-state index in [4.69, 9.17) is 0 Å². The minimum atomic E-state index is -0.231. The van der Waals surface area contributed by atoms with E-state index in [0.717, 1.165) is 12.8 Å². The Bertz CT molecular complexity index is 161. The lowest BCUT2D eigenvalue weighted by Crippen LogP contribution is -2.17. The van der Waals surface area contributed by atoms with E-state index in [9.17, 15) is 9.59 Å². The zero-order valence-corrected chi connectivity index (χ0v) is 6.22. The maximum atomic E-state index is 11.0. The Morgan fingerprint density at radius 1 is 1.70 bits per heavy atom. The standard InChI is InChI=1S/C8H12O2/c1-2-7(9)6-4-3-5-8(6)10/h6H,2-5H2,1H3/t6-/m1/s1. The van der Waals surface area contributed by atoms with Crippen molar-refractivity contribution in [3.8, 4) is 0 Å². The number of carbonyl (C=O) groups is 2. The zero-order chi connectivity index (χ0) is 7.56. The summed E-state index contributed by atoms with van der Waals surface area (Å²) in [6, 6.07) is 0. The molecule has 1 aliphatic carbocycles. The first-order valence-electron chi connectivity index (χ1n) is 3.81. The summed E-state index contributed by atoms with van der Waals surface area (Å²) in [5.41, 5.74) is 0. The molecule has 0 N–H and O–H groups in total. The average Bonchev–Trinajstić information content (AvgIpc) is 2.34. The van der Waals surface area contributed by atoms with Crippen LogP contribution in [0.2, 0.25) is 0 Å². The molecule has 1 rings (SSSR count). The van der Waals surface area contributed by atoms with Crippen molar-refractivity contribution in [1.29, 1.82) is 0 Å². The van der Waals surface area contributed by atoms with Crippen molar-refractivity contribution < 1.29 is 9.59 Å². The molecule has 0 aromatic heterocycles. The highest BCUT2D eigenvalue weighted by Gasteiger charge is 2.29. The van der Waals surface area contributed by atoms with Gasteiger partial charge in [-0.2, -0.15) is 0 Å². The normalized spacial score (nSPS) is 25.3. The highest BCUT2D eigenvalue weighted by molar-refractivity contribution is 6.03. The molecule has 0 radical (unpaired) electrons. The summed E-state index contributed by atoms with van der Waals surface area (Å²) in [7, 11) is 0. The predicted molar refractivity (Wildman–Crippen MR) is 37.6 cm³/mol. The van der Waals surface area contributed by atoms with Gasteiger partial charge >= 0.3 is 0 Å². The number of rotatable bonds is 2. The van der Waals surface area contributed by atoms with Crippen LogP contribution in [0.3, 0.4) is 0 Å². The second-order valence-electron chi connectivity index (χ2n) is 2.73. The molecule has 0 aliphatic heterocycles. The van der Waals surface area contributed by atoms with Crippen LogP contribution >= 0.6 is 0 Å². The summed E-state index contributed by atoms with van der Waals surface area (Å²) in [5.74, 6) is 0.0550. The molecular weight excluding hydrogens is 128 g/mol. The van der Waals surface area contributed by atoms with Crippen LogP contribution in [0, 0.1) is 5.92 Å². The Morgan fingerprint density at radius 2 is 2.40 bits per heavy atom. The smallest absolute Gasteiger partial charge is 0.143 e. The fourth-order valence-electron chi connectivity index (χ4n) is 1.40. The van der Waals surface area contributed by atoms with E-state index in [1.807, 2.05) is 6.92 Å². The molecule has 0 heterocycles. The Labute approximate surface area is 60.6 Å². The molecule has 0 bridgehead atoms. The van der Waals surface area contributed by atoms with Crippen LogP contribution in [0.5, 0.6) is 0 Å². The Balaban J connectivity index is 2.55. The lowest BCUT2D eigenvalue weighted by atomic mass is 10.0. The molecule has 2 nitrogen and oxygen atoms in total. The quantitative estimate of drug-likeness (QED) is 0.542. The molecule has 1 fully saturated rings. The molecule has 0 spiro atoms. The number of carbonyl (C=O) groups excluding carboxylic acids is 2. The average molecular weight is 140 g/mol.